The minimum Gasteiger partial charge on any atom is -0.343 e. The molecule has 1 N–H and O–H groups in total. The molecule has 1 aromatic rings. The maximum absolute atomic E-state index is 12.7. The van der Waals surface area contributed by atoms with Crippen LogP contribution in [0.5, 0.6) is 0 Å². The van der Waals surface area contributed by atoms with Gasteiger partial charge in [0.05, 0.1) is 0 Å². The third kappa shape index (κ3) is 3.20. The fourth-order valence-corrected chi connectivity index (χ4v) is 3.24. The first-order chi connectivity index (χ1) is 9.17. The number of nitrogens with zero attached hydrogens (tertiary/aromatic N) is 2. The van der Waals surface area contributed by atoms with E-state index in [9.17, 15) is 4.79 Å². The SMILES string of the molecule is CCn1cc(Br)cc1C(=O)N1CCCCC1CNC. The third-order valence-corrected chi connectivity index (χ3v) is 4.18. The fourth-order valence-electron chi connectivity index (χ4n) is 2.78. The van der Waals surface area contributed by atoms with Crippen molar-refractivity contribution in [3.05, 3.63) is 22.4 Å². The molecule has 2 rings (SSSR count). The summed E-state index contributed by atoms with van der Waals surface area (Å²) in [4.78, 5) is 14.8. The molecule has 4 nitrogen and oxygen atoms in total. The Bertz CT molecular complexity index is 442. The van der Waals surface area contributed by atoms with E-state index >= 15 is 0 Å². The molecule has 2 heterocycles. The third-order valence-electron chi connectivity index (χ3n) is 3.75. The zero-order valence-corrected chi connectivity index (χ0v) is 13.2. The van der Waals surface area contributed by atoms with E-state index in [-0.39, 0.29) is 5.91 Å². The monoisotopic (exact) mass is 327 g/mol. The smallest absolute Gasteiger partial charge is 0.270 e. The predicted molar refractivity (Wildman–Crippen MR) is 80.4 cm³/mol. The first kappa shape index (κ1) is 14.6. The highest BCUT2D eigenvalue weighted by atomic mass is 79.9. The van der Waals surface area contributed by atoms with E-state index < -0.39 is 0 Å². The van der Waals surface area contributed by atoms with Crippen LogP contribution < -0.4 is 5.32 Å². The summed E-state index contributed by atoms with van der Waals surface area (Å²) in [7, 11) is 1.95. The van der Waals surface area contributed by atoms with Crippen LogP contribution in [0.1, 0.15) is 36.7 Å². The van der Waals surface area contributed by atoms with Gasteiger partial charge in [-0.2, -0.15) is 0 Å². The minimum atomic E-state index is 0.160. The zero-order valence-electron chi connectivity index (χ0n) is 11.7. The minimum absolute atomic E-state index is 0.160. The molecule has 1 atom stereocenters. The van der Waals surface area contributed by atoms with E-state index in [1.165, 1.54) is 6.42 Å². The van der Waals surface area contributed by atoms with Crippen molar-refractivity contribution >= 4 is 21.8 Å². The molecule has 5 heteroatoms. The van der Waals surface area contributed by atoms with Crippen LogP contribution in [-0.2, 0) is 6.54 Å². The van der Waals surface area contributed by atoms with Crippen LogP contribution in [0.25, 0.3) is 0 Å². The van der Waals surface area contributed by atoms with Crippen LogP contribution in [0.4, 0.5) is 0 Å². The van der Waals surface area contributed by atoms with E-state index in [0.717, 1.165) is 42.6 Å². The largest absolute Gasteiger partial charge is 0.343 e. The van der Waals surface area contributed by atoms with Crippen molar-refractivity contribution in [2.24, 2.45) is 0 Å². The number of carbonyl (C=O) groups excluding carboxylic acids is 1. The lowest BCUT2D eigenvalue weighted by Gasteiger charge is -2.35. The number of nitrogens with one attached hydrogen (secondary N) is 1. The van der Waals surface area contributed by atoms with Crippen LogP contribution >= 0.6 is 15.9 Å². The zero-order chi connectivity index (χ0) is 13.8. The van der Waals surface area contributed by atoms with Gasteiger partial charge in [-0.25, -0.2) is 0 Å². The average molecular weight is 328 g/mol. The lowest BCUT2D eigenvalue weighted by Crippen LogP contribution is -2.48. The molecular weight excluding hydrogens is 306 g/mol. The van der Waals surface area contributed by atoms with Crippen molar-refractivity contribution in [2.45, 2.75) is 38.8 Å². The second-order valence-corrected chi connectivity index (χ2v) is 5.95. The Balaban J connectivity index is 2.20. The highest BCUT2D eigenvalue weighted by Gasteiger charge is 2.28. The van der Waals surface area contributed by atoms with Gasteiger partial charge in [-0.3, -0.25) is 4.79 Å². The molecule has 0 bridgehead atoms. The molecule has 19 heavy (non-hydrogen) atoms. The van der Waals surface area contributed by atoms with Crippen LogP contribution in [-0.4, -0.2) is 41.6 Å². The predicted octanol–water partition coefficient (Wildman–Crippen LogP) is 2.48. The van der Waals surface area contributed by atoms with E-state index in [1.807, 2.05) is 28.8 Å². The van der Waals surface area contributed by atoms with Gasteiger partial charge in [-0.15, -0.1) is 0 Å². The maximum Gasteiger partial charge on any atom is 0.270 e. The summed E-state index contributed by atoms with van der Waals surface area (Å²) in [5.74, 6) is 0.160. The van der Waals surface area contributed by atoms with E-state index in [4.69, 9.17) is 0 Å². The molecule has 1 fully saturated rings. The van der Waals surface area contributed by atoms with Gasteiger partial charge in [0.1, 0.15) is 5.69 Å². The summed E-state index contributed by atoms with van der Waals surface area (Å²) in [6, 6.07) is 2.25. The number of hydrogen-bond donors (Lipinski definition) is 1. The molecule has 1 aromatic heterocycles. The quantitative estimate of drug-likeness (QED) is 0.922. The van der Waals surface area contributed by atoms with Crippen LogP contribution in [0.2, 0.25) is 0 Å². The number of likely N-dealkylation sites (N-methyl/N-ethyl adjacent to an activating group) is 1. The fraction of sp³-hybridized carbons (Fsp3) is 0.643. The molecule has 0 radical (unpaired) electrons. The number of hydrogen-bond acceptors (Lipinski definition) is 2. The van der Waals surface area contributed by atoms with Crippen LogP contribution in [0, 0.1) is 0 Å². The average Bonchev–Trinajstić information content (AvgIpc) is 2.80. The van der Waals surface area contributed by atoms with Gasteiger partial charge in [-0.1, -0.05) is 0 Å². The van der Waals surface area contributed by atoms with Gasteiger partial charge in [0.25, 0.3) is 5.91 Å². The molecule has 0 aliphatic carbocycles. The van der Waals surface area contributed by atoms with Gasteiger partial charge in [0, 0.05) is 36.3 Å². The van der Waals surface area contributed by atoms with Crippen molar-refractivity contribution in [3.63, 3.8) is 0 Å². The second kappa shape index (κ2) is 6.57. The number of amides is 1. The van der Waals surface area contributed by atoms with Crippen molar-refractivity contribution in [3.8, 4) is 0 Å². The Morgan fingerprint density at radius 2 is 2.32 bits per heavy atom. The van der Waals surface area contributed by atoms with E-state index in [2.05, 4.69) is 28.2 Å². The summed E-state index contributed by atoms with van der Waals surface area (Å²) in [6.07, 6.45) is 5.40. The summed E-state index contributed by atoms with van der Waals surface area (Å²) in [5.41, 5.74) is 0.789. The second-order valence-electron chi connectivity index (χ2n) is 5.04. The van der Waals surface area contributed by atoms with Gasteiger partial charge < -0.3 is 14.8 Å². The molecule has 1 saturated heterocycles. The van der Waals surface area contributed by atoms with Gasteiger partial charge in [-0.05, 0) is 55.2 Å². The Labute approximate surface area is 123 Å². The highest BCUT2D eigenvalue weighted by molar-refractivity contribution is 9.10. The number of likely N-dealkylation sites (tertiary alicyclic amines) is 1. The molecule has 1 amide bonds. The first-order valence-corrected chi connectivity index (χ1v) is 7.78. The molecule has 1 aliphatic rings. The normalized spacial score (nSPS) is 19.7. The Morgan fingerprint density at radius 3 is 3.00 bits per heavy atom. The lowest BCUT2D eigenvalue weighted by atomic mass is 10.0. The summed E-state index contributed by atoms with van der Waals surface area (Å²) in [5, 5.41) is 3.20. The Kier molecular flexibility index (Phi) is 5.05. The number of piperidine rings is 1. The molecule has 106 valence electrons. The standard InChI is InChI=1S/C14H22BrN3O/c1-3-17-10-11(15)8-13(17)14(19)18-7-5-4-6-12(18)9-16-2/h8,10,12,16H,3-7,9H2,1-2H3. The highest BCUT2D eigenvalue weighted by Crippen LogP contribution is 2.22. The maximum atomic E-state index is 12.7. The lowest BCUT2D eigenvalue weighted by molar-refractivity contribution is 0.0604. The molecular formula is C14H22BrN3O. The summed E-state index contributed by atoms with van der Waals surface area (Å²) in [6.45, 7) is 4.62. The van der Waals surface area contributed by atoms with Crippen LogP contribution in [0.15, 0.2) is 16.7 Å². The number of aromatic nitrogens is 1. The summed E-state index contributed by atoms with van der Waals surface area (Å²) < 4.78 is 2.98. The topological polar surface area (TPSA) is 37.3 Å². The Hall–Kier alpha value is -0.810. The van der Waals surface area contributed by atoms with Crippen molar-refractivity contribution in [1.82, 2.24) is 14.8 Å². The molecule has 0 aromatic carbocycles. The van der Waals surface area contributed by atoms with Gasteiger partial charge in [0.15, 0.2) is 0 Å². The van der Waals surface area contributed by atoms with Crippen molar-refractivity contribution in [2.75, 3.05) is 20.1 Å². The number of aryl methyl sites for hydroxylation is 1. The van der Waals surface area contributed by atoms with Gasteiger partial charge in [0.2, 0.25) is 0 Å². The number of rotatable bonds is 4. The van der Waals surface area contributed by atoms with Crippen molar-refractivity contribution < 1.29 is 4.79 Å². The molecule has 1 unspecified atom stereocenters. The number of carbonyl (C=O) groups is 1. The molecule has 0 spiro atoms. The summed E-state index contributed by atoms with van der Waals surface area (Å²) >= 11 is 3.46. The number of halogens is 1. The van der Waals surface area contributed by atoms with E-state index in [1.54, 1.807) is 0 Å². The van der Waals surface area contributed by atoms with E-state index in [0.29, 0.717) is 6.04 Å². The van der Waals surface area contributed by atoms with Gasteiger partial charge >= 0.3 is 0 Å². The molecule has 0 saturated carbocycles. The van der Waals surface area contributed by atoms with Crippen LogP contribution in [0.3, 0.4) is 0 Å². The first-order valence-electron chi connectivity index (χ1n) is 6.98. The van der Waals surface area contributed by atoms with Crippen molar-refractivity contribution in [1.29, 1.82) is 0 Å². The molecule has 1 aliphatic heterocycles. The Morgan fingerprint density at radius 1 is 1.53 bits per heavy atom.